The number of hydrogen-bond acceptors (Lipinski definition) is 7. The molecule has 0 aliphatic rings. The van der Waals surface area contributed by atoms with Crippen molar-refractivity contribution in [2.24, 2.45) is 10.2 Å². The zero-order chi connectivity index (χ0) is 22.1. The number of aromatic nitrogens is 3. The minimum absolute atomic E-state index is 0.0478. The molecule has 158 valence electrons. The molecular weight excluding hydrogens is 406 g/mol. The standard InChI is InChI=1S/C24H19N5O3/c1-31-19-12-11-14(13-20(19)32-2)22-25-18-10-6-4-8-16(18)23(27-22)29-28-21-15-7-3-5-9-17(15)26-24(21)30/h3-13,26,30H,1-2H3. The molecule has 0 unspecified atom stereocenters. The van der Waals surface area contributed by atoms with Crippen LogP contribution in [0.3, 0.4) is 0 Å². The Bertz CT molecular complexity index is 1480. The number of benzene rings is 3. The van der Waals surface area contributed by atoms with Crippen LogP contribution in [0, 0.1) is 0 Å². The van der Waals surface area contributed by atoms with E-state index in [9.17, 15) is 5.11 Å². The van der Waals surface area contributed by atoms with Gasteiger partial charge in [-0.25, -0.2) is 9.97 Å². The molecule has 0 aliphatic carbocycles. The number of para-hydroxylation sites is 2. The molecule has 0 amide bonds. The minimum atomic E-state index is -0.0478. The number of H-pyrrole nitrogens is 1. The summed E-state index contributed by atoms with van der Waals surface area (Å²) in [5.74, 6) is 2.01. The summed E-state index contributed by atoms with van der Waals surface area (Å²) < 4.78 is 10.7. The molecule has 2 heterocycles. The summed E-state index contributed by atoms with van der Waals surface area (Å²) in [6.07, 6.45) is 0. The monoisotopic (exact) mass is 425 g/mol. The van der Waals surface area contributed by atoms with Gasteiger partial charge in [-0.2, -0.15) is 0 Å². The zero-order valence-electron chi connectivity index (χ0n) is 17.4. The van der Waals surface area contributed by atoms with Gasteiger partial charge >= 0.3 is 0 Å². The van der Waals surface area contributed by atoms with E-state index in [1.807, 2.05) is 60.7 Å². The fourth-order valence-corrected chi connectivity index (χ4v) is 3.55. The van der Waals surface area contributed by atoms with Crippen LogP contribution in [0.5, 0.6) is 17.4 Å². The SMILES string of the molecule is COc1ccc(-c2nc(N=Nc3c(O)[nH]c4ccccc34)c3ccccc3n2)cc1OC. The number of rotatable bonds is 5. The van der Waals surface area contributed by atoms with E-state index in [1.54, 1.807) is 20.3 Å². The van der Waals surface area contributed by atoms with Gasteiger partial charge in [0.15, 0.2) is 28.8 Å². The van der Waals surface area contributed by atoms with E-state index in [-0.39, 0.29) is 5.88 Å². The number of azo groups is 1. The number of fused-ring (bicyclic) bond motifs is 2. The third-order valence-corrected chi connectivity index (χ3v) is 5.13. The van der Waals surface area contributed by atoms with Crippen LogP contribution >= 0.6 is 0 Å². The molecule has 32 heavy (non-hydrogen) atoms. The molecule has 0 bridgehead atoms. The first-order valence-electron chi connectivity index (χ1n) is 9.88. The normalized spacial score (nSPS) is 11.4. The van der Waals surface area contributed by atoms with Gasteiger partial charge < -0.3 is 19.6 Å². The Morgan fingerprint density at radius 3 is 2.38 bits per heavy atom. The third kappa shape index (κ3) is 3.37. The first-order chi connectivity index (χ1) is 15.7. The molecule has 2 N–H and O–H groups in total. The molecule has 0 spiro atoms. The predicted molar refractivity (Wildman–Crippen MR) is 122 cm³/mol. The highest BCUT2D eigenvalue weighted by molar-refractivity contribution is 5.94. The van der Waals surface area contributed by atoms with Crippen molar-refractivity contribution < 1.29 is 14.6 Å². The first-order valence-corrected chi connectivity index (χ1v) is 9.88. The quantitative estimate of drug-likeness (QED) is 0.340. The number of aromatic hydroxyl groups is 1. The number of nitrogens with zero attached hydrogens (tertiary/aromatic N) is 4. The van der Waals surface area contributed by atoms with Crippen molar-refractivity contribution in [2.75, 3.05) is 14.2 Å². The predicted octanol–water partition coefficient (Wildman–Crippen LogP) is 5.92. The van der Waals surface area contributed by atoms with Crippen molar-refractivity contribution in [3.63, 3.8) is 0 Å². The largest absolute Gasteiger partial charge is 0.493 e. The van der Waals surface area contributed by atoms with Gasteiger partial charge in [0.2, 0.25) is 5.88 Å². The Hall–Kier alpha value is -4.46. The molecule has 2 aromatic heterocycles. The lowest BCUT2D eigenvalue weighted by molar-refractivity contribution is 0.355. The van der Waals surface area contributed by atoms with E-state index in [1.165, 1.54) is 0 Å². The van der Waals surface area contributed by atoms with Crippen LogP contribution in [-0.4, -0.2) is 34.3 Å². The van der Waals surface area contributed by atoms with Crippen molar-refractivity contribution >= 4 is 33.3 Å². The fraction of sp³-hybridized carbons (Fsp3) is 0.0833. The highest BCUT2D eigenvalue weighted by atomic mass is 16.5. The molecule has 5 rings (SSSR count). The minimum Gasteiger partial charge on any atom is -0.493 e. The van der Waals surface area contributed by atoms with Crippen LogP contribution in [0.4, 0.5) is 11.5 Å². The highest BCUT2D eigenvalue weighted by Gasteiger charge is 2.14. The van der Waals surface area contributed by atoms with E-state index in [4.69, 9.17) is 9.47 Å². The topological polar surface area (TPSA) is 105 Å². The van der Waals surface area contributed by atoms with Gasteiger partial charge in [0.25, 0.3) is 0 Å². The molecule has 0 radical (unpaired) electrons. The number of hydrogen-bond donors (Lipinski definition) is 2. The molecule has 3 aromatic carbocycles. The van der Waals surface area contributed by atoms with Gasteiger partial charge in [0.05, 0.1) is 25.3 Å². The highest BCUT2D eigenvalue weighted by Crippen LogP contribution is 2.37. The number of ether oxygens (including phenoxy) is 2. The van der Waals surface area contributed by atoms with Crippen LogP contribution < -0.4 is 9.47 Å². The lowest BCUT2D eigenvalue weighted by atomic mass is 10.1. The Morgan fingerprint density at radius 1 is 0.812 bits per heavy atom. The molecule has 8 heteroatoms. The van der Waals surface area contributed by atoms with Crippen LogP contribution in [0.1, 0.15) is 0 Å². The molecule has 0 saturated heterocycles. The lowest BCUT2D eigenvalue weighted by Crippen LogP contribution is -1.94. The Kier molecular flexibility index (Phi) is 4.87. The Labute approximate surface area is 183 Å². The molecule has 0 aliphatic heterocycles. The second kappa shape index (κ2) is 7.99. The van der Waals surface area contributed by atoms with Crippen LogP contribution in [-0.2, 0) is 0 Å². The average Bonchev–Trinajstić information content (AvgIpc) is 3.16. The van der Waals surface area contributed by atoms with Crippen molar-refractivity contribution in [3.8, 4) is 28.8 Å². The Balaban J connectivity index is 1.65. The molecule has 0 fully saturated rings. The van der Waals surface area contributed by atoms with Gasteiger partial charge in [-0.3, -0.25) is 0 Å². The zero-order valence-corrected chi connectivity index (χ0v) is 17.4. The van der Waals surface area contributed by atoms with Crippen LogP contribution in [0.25, 0.3) is 33.2 Å². The van der Waals surface area contributed by atoms with Crippen molar-refractivity contribution in [3.05, 3.63) is 66.7 Å². The molecule has 8 nitrogen and oxygen atoms in total. The second-order valence-electron chi connectivity index (χ2n) is 7.03. The van der Waals surface area contributed by atoms with E-state index in [0.717, 1.165) is 27.4 Å². The van der Waals surface area contributed by atoms with Gasteiger partial charge in [-0.15, -0.1) is 10.2 Å². The molecule has 0 atom stereocenters. The Morgan fingerprint density at radius 2 is 1.56 bits per heavy atom. The van der Waals surface area contributed by atoms with Crippen LogP contribution in [0.15, 0.2) is 77.0 Å². The lowest BCUT2D eigenvalue weighted by Gasteiger charge is -2.10. The van der Waals surface area contributed by atoms with E-state index in [2.05, 4.69) is 25.2 Å². The summed E-state index contributed by atoms with van der Waals surface area (Å²) in [5.41, 5.74) is 2.61. The van der Waals surface area contributed by atoms with E-state index in [0.29, 0.717) is 28.8 Å². The number of methoxy groups -OCH3 is 2. The molecular formula is C24H19N5O3. The maximum Gasteiger partial charge on any atom is 0.218 e. The van der Waals surface area contributed by atoms with Gasteiger partial charge in [-0.05, 0) is 36.4 Å². The van der Waals surface area contributed by atoms with E-state index >= 15 is 0 Å². The van der Waals surface area contributed by atoms with Crippen molar-refractivity contribution in [1.29, 1.82) is 0 Å². The fourth-order valence-electron chi connectivity index (χ4n) is 3.55. The summed E-state index contributed by atoms with van der Waals surface area (Å²) in [6, 6.07) is 20.5. The maximum atomic E-state index is 10.3. The van der Waals surface area contributed by atoms with Crippen molar-refractivity contribution in [1.82, 2.24) is 15.0 Å². The summed E-state index contributed by atoms with van der Waals surface area (Å²) in [5, 5.41) is 20.5. The summed E-state index contributed by atoms with van der Waals surface area (Å²) in [7, 11) is 3.17. The third-order valence-electron chi connectivity index (χ3n) is 5.13. The number of aromatic amines is 1. The van der Waals surface area contributed by atoms with E-state index < -0.39 is 0 Å². The second-order valence-corrected chi connectivity index (χ2v) is 7.03. The smallest absolute Gasteiger partial charge is 0.218 e. The summed E-state index contributed by atoms with van der Waals surface area (Å²) in [4.78, 5) is 12.2. The first kappa shape index (κ1) is 19.5. The summed E-state index contributed by atoms with van der Waals surface area (Å²) in [6.45, 7) is 0. The van der Waals surface area contributed by atoms with Crippen LogP contribution in [0.2, 0.25) is 0 Å². The maximum absolute atomic E-state index is 10.3. The average molecular weight is 425 g/mol. The summed E-state index contributed by atoms with van der Waals surface area (Å²) >= 11 is 0. The van der Waals surface area contributed by atoms with Crippen molar-refractivity contribution in [2.45, 2.75) is 0 Å². The van der Waals surface area contributed by atoms with Gasteiger partial charge in [-0.1, -0.05) is 30.3 Å². The number of nitrogens with one attached hydrogen (secondary N) is 1. The molecule has 0 saturated carbocycles. The van der Waals surface area contributed by atoms with Gasteiger partial charge in [0.1, 0.15) is 0 Å². The van der Waals surface area contributed by atoms with Gasteiger partial charge in [0, 0.05) is 16.3 Å². The molecule has 5 aromatic rings.